The van der Waals surface area contributed by atoms with Crippen LogP contribution in [0, 0.1) is 5.92 Å². The second kappa shape index (κ2) is 7.43. The quantitative estimate of drug-likeness (QED) is 0.773. The summed E-state index contributed by atoms with van der Waals surface area (Å²) in [5.74, 6) is 1.91. The van der Waals surface area contributed by atoms with E-state index in [0.717, 1.165) is 37.7 Å². The molecule has 2 heterocycles. The standard InChI is InChI=1S/C20H30N4O2S/c1-16(2)18-5-7-19(8-6-18)27(25,26)24-10-9-21-20(24)23-13-11-22(12-14-23)15-17-3-4-17/h5-8,16-17H,3-4,9-15H2,1-2H3. The zero-order valence-electron chi connectivity index (χ0n) is 16.3. The van der Waals surface area contributed by atoms with Gasteiger partial charge in [0.25, 0.3) is 10.0 Å². The molecule has 0 bridgehead atoms. The first kappa shape index (κ1) is 18.7. The van der Waals surface area contributed by atoms with Crippen molar-refractivity contribution in [2.45, 2.75) is 37.5 Å². The molecule has 7 heteroatoms. The van der Waals surface area contributed by atoms with E-state index < -0.39 is 10.0 Å². The summed E-state index contributed by atoms with van der Waals surface area (Å²) in [6.45, 7) is 10.1. The Balaban J connectivity index is 1.45. The maximum absolute atomic E-state index is 13.2. The number of guanidine groups is 1. The molecule has 3 aliphatic rings. The molecule has 0 atom stereocenters. The van der Waals surface area contributed by atoms with Crippen LogP contribution in [0.4, 0.5) is 0 Å². The number of benzene rings is 1. The highest BCUT2D eigenvalue weighted by Gasteiger charge is 2.35. The maximum Gasteiger partial charge on any atom is 0.266 e. The van der Waals surface area contributed by atoms with Crippen LogP contribution in [0.3, 0.4) is 0 Å². The van der Waals surface area contributed by atoms with E-state index in [1.807, 2.05) is 12.1 Å². The van der Waals surface area contributed by atoms with Crippen molar-refractivity contribution in [3.05, 3.63) is 29.8 Å². The summed E-state index contributed by atoms with van der Waals surface area (Å²) in [5, 5.41) is 0. The number of nitrogens with zero attached hydrogens (tertiary/aromatic N) is 4. The zero-order valence-corrected chi connectivity index (χ0v) is 17.2. The Morgan fingerprint density at radius 2 is 1.70 bits per heavy atom. The van der Waals surface area contributed by atoms with Crippen molar-refractivity contribution in [3.8, 4) is 0 Å². The minimum atomic E-state index is -3.55. The van der Waals surface area contributed by atoms with Crippen LogP contribution in [0.1, 0.15) is 38.2 Å². The molecule has 1 saturated heterocycles. The predicted octanol–water partition coefficient (Wildman–Crippen LogP) is 2.20. The molecule has 148 valence electrons. The predicted molar refractivity (Wildman–Crippen MR) is 107 cm³/mol. The van der Waals surface area contributed by atoms with Gasteiger partial charge in [0.1, 0.15) is 0 Å². The van der Waals surface area contributed by atoms with E-state index in [1.54, 1.807) is 12.1 Å². The monoisotopic (exact) mass is 390 g/mol. The fourth-order valence-corrected chi connectivity index (χ4v) is 5.30. The molecule has 1 aromatic rings. The van der Waals surface area contributed by atoms with Crippen molar-refractivity contribution in [1.82, 2.24) is 14.1 Å². The van der Waals surface area contributed by atoms with Crippen molar-refractivity contribution >= 4 is 16.0 Å². The van der Waals surface area contributed by atoms with E-state index in [4.69, 9.17) is 0 Å². The third-order valence-corrected chi connectivity index (χ3v) is 7.58. The third-order valence-electron chi connectivity index (χ3n) is 5.78. The molecule has 6 nitrogen and oxygen atoms in total. The van der Waals surface area contributed by atoms with Gasteiger partial charge in [0, 0.05) is 32.7 Å². The van der Waals surface area contributed by atoms with Crippen LogP contribution in [0.15, 0.2) is 34.2 Å². The Hall–Kier alpha value is -1.60. The molecule has 0 aromatic heterocycles. The highest BCUT2D eigenvalue weighted by atomic mass is 32.2. The van der Waals surface area contributed by atoms with Gasteiger partial charge in [-0.15, -0.1) is 0 Å². The Kier molecular flexibility index (Phi) is 5.16. The number of piperazine rings is 1. The van der Waals surface area contributed by atoms with Crippen LogP contribution in [0.25, 0.3) is 0 Å². The summed E-state index contributed by atoms with van der Waals surface area (Å²) in [6.07, 6.45) is 2.74. The average Bonchev–Trinajstić information content (AvgIpc) is 3.33. The van der Waals surface area contributed by atoms with Gasteiger partial charge in [-0.25, -0.2) is 12.7 Å². The van der Waals surface area contributed by atoms with Gasteiger partial charge in [0.05, 0.1) is 18.0 Å². The molecule has 0 N–H and O–H groups in total. The van der Waals surface area contributed by atoms with E-state index in [1.165, 1.54) is 23.7 Å². The minimum Gasteiger partial charge on any atom is -0.339 e. The number of sulfonamides is 1. The van der Waals surface area contributed by atoms with Crippen LogP contribution >= 0.6 is 0 Å². The van der Waals surface area contributed by atoms with Crippen LogP contribution < -0.4 is 0 Å². The first-order valence-corrected chi connectivity index (χ1v) is 11.5. The minimum absolute atomic E-state index is 0.355. The zero-order chi connectivity index (χ0) is 19.0. The summed E-state index contributed by atoms with van der Waals surface area (Å²) < 4.78 is 27.9. The fraction of sp³-hybridized carbons (Fsp3) is 0.650. The lowest BCUT2D eigenvalue weighted by Crippen LogP contribution is -2.53. The van der Waals surface area contributed by atoms with Gasteiger partial charge in [-0.05, 0) is 42.4 Å². The van der Waals surface area contributed by atoms with Gasteiger partial charge in [-0.3, -0.25) is 9.89 Å². The summed E-state index contributed by atoms with van der Waals surface area (Å²) in [6, 6.07) is 7.30. The van der Waals surface area contributed by atoms with Gasteiger partial charge < -0.3 is 4.90 Å². The molecule has 0 amide bonds. The van der Waals surface area contributed by atoms with Crippen LogP contribution in [0.2, 0.25) is 0 Å². The summed E-state index contributed by atoms with van der Waals surface area (Å²) >= 11 is 0. The molecule has 0 spiro atoms. The van der Waals surface area contributed by atoms with Gasteiger partial charge >= 0.3 is 0 Å². The molecular formula is C20H30N4O2S. The van der Waals surface area contributed by atoms with E-state index in [2.05, 4.69) is 28.6 Å². The lowest BCUT2D eigenvalue weighted by atomic mass is 10.0. The van der Waals surface area contributed by atoms with Crippen molar-refractivity contribution in [2.24, 2.45) is 10.9 Å². The molecule has 1 saturated carbocycles. The molecule has 1 aliphatic carbocycles. The second-order valence-corrected chi connectivity index (χ2v) is 10.1. The molecule has 4 rings (SSSR count). The van der Waals surface area contributed by atoms with Gasteiger partial charge in [-0.1, -0.05) is 26.0 Å². The fourth-order valence-electron chi connectivity index (χ4n) is 3.85. The Morgan fingerprint density at radius 3 is 2.30 bits per heavy atom. The molecular weight excluding hydrogens is 360 g/mol. The third kappa shape index (κ3) is 3.99. The van der Waals surface area contributed by atoms with Gasteiger partial charge in [-0.2, -0.15) is 0 Å². The van der Waals surface area contributed by atoms with Crippen LogP contribution in [-0.2, 0) is 10.0 Å². The van der Waals surface area contributed by atoms with Crippen LogP contribution in [0.5, 0.6) is 0 Å². The van der Waals surface area contributed by atoms with Crippen molar-refractivity contribution in [2.75, 3.05) is 45.8 Å². The lowest BCUT2D eigenvalue weighted by molar-refractivity contribution is 0.171. The van der Waals surface area contributed by atoms with E-state index >= 15 is 0 Å². The number of aliphatic imine (C=N–C) groups is 1. The average molecular weight is 391 g/mol. The number of rotatable bonds is 5. The molecule has 27 heavy (non-hydrogen) atoms. The van der Waals surface area contributed by atoms with Gasteiger partial charge in [0.2, 0.25) is 5.96 Å². The second-order valence-electron chi connectivity index (χ2n) is 8.21. The summed E-state index contributed by atoms with van der Waals surface area (Å²) in [7, 11) is -3.55. The molecule has 1 aromatic carbocycles. The van der Waals surface area contributed by atoms with Crippen molar-refractivity contribution in [3.63, 3.8) is 0 Å². The van der Waals surface area contributed by atoms with E-state index in [0.29, 0.717) is 29.9 Å². The van der Waals surface area contributed by atoms with Crippen molar-refractivity contribution in [1.29, 1.82) is 0 Å². The molecule has 0 radical (unpaired) electrons. The summed E-state index contributed by atoms with van der Waals surface area (Å²) in [5.41, 5.74) is 1.15. The number of hydrogen-bond donors (Lipinski definition) is 0. The van der Waals surface area contributed by atoms with Crippen molar-refractivity contribution < 1.29 is 8.42 Å². The molecule has 2 fully saturated rings. The normalized spacial score (nSPS) is 21.8. The largest absolute Gasteiger partial charge is 0.339 e. The topological polar surface area (TPSA) is 56.2 Å². The number of hydrogen-bond acceptors (Lipinski definition) is 5. The SMILES string of the molecule is CC(C)c1ccc(S(=O)(=O)N2CCN=C2N2CCN(CC3CC3)CC2)cc1. The van der Waals surface area contributed by atoms with E-state index in [-0.39, 0.29) is 0 Å². The smallest absolute Gasteiger partial charge is 0.266 e. The Labute approximate surface area is 162 Å². The maximum atomic E-state index is 13.2. The molecule has 2 aliphatic heterocycles. The lowest BCUT2D eigenvalue weighted by Gasteiger charge is -2.38. The van der Waals surface area contributed by atoms with Crippen LogP contribution in [-0.4, -0.2) is 74.3 Å². The highest BCUT2D eigenvalue weighted by molar-refractivity contribution is 7.89. The molecule has 0 unspecified atom stereocenters. The summed E-state index contributed by atoms with van der Waals surface area (Å²) in [4.78, 5) is 9.56. The first-order chi connectivity index (χ1) is 12.9. The first-order valence-electron chi connectivity index (χ1n) is 10.1. The Bertz CT molecular complexity index is 792. The van der Waals surface area contributed by atoms with E-state index in [9.17, 15) is 8.42 Å². The Morgan fingerprint density at radius 1 is 1.04 bits per heavy atom. The highest BCUT2D eigenvalue weighted by Crippen LogP contribution is 2.30. The van der Waals surface area contributed by atoms with Gasteiger partial charge in [0.15, 0.2) is 0 Å².